The average molecular weight is 377 g/mol. The summed E-state index contributed by atoms with van der Waals surface area (Å²) in [5.74, 6) is -0.0298. The van der Waals surface area contributed by atoms with E-state index in [1.165, 1.54) is 23.8 Å². The number of rotatable bonds is 6. The third kappa shape index (κ3) is 5.62. The number of benzene rings is 2. The van der Waals surface area contributed by atoms with Gasteiger partial charge in [-0.25, -0.2) is 0 Å². The second-order valence-corrected chi connectivity index (χ2v) is 6.62. The van der Waals surface area contributed by atoms with E-state index in [1.54, 1.807) is 18.2 Å². The predicted molar refractivity (Wildman–Crippen MR) is 111 cm³/mol. The SMILES string of the molecule is O=C(/C=C/c1ccc([N+](=O)[O-])cc1)N1CCN(C/C=C/c2ccccc2)CC1. The van der Waals surface area contributed by atoms with Gasteiger partial charge in [-0.05, 0) is 29.3 Å². The van der Waals surface area contributed by atoms with E-state index < -0.39 is 4.92 Å². The molecule has 0 bridgehead atoms. The zero-order valence-electron chi connectivity index (χ0n) is 15.6. The van der Waals surface area contributed by atoms with Crippen LogP contribution < -0.4 is 0 Å². The summed E-state index contributed by atoms with van der Waals surface area (Å²) in [6.45, 7) is 3.95. The van der Waals surface area contributed by atoms with Gasteiger partial charge in [0.15, 0.2) is 0 Å². The van der Waals surface area contributed by atoms with Gasteiger partial charge in [0, 0.05) is 50.9 Å². The molecule has 2 aromatic rings. The first kappa shape index (κ1) is 19.5. The monoisotopic (exact) mass is 377 g/mol. The van der Waals surface area contributed by atoms with Gasteiger partial charge in [0.1, 0.15) is 0 Å². The summed E-state index contributed by atoms with van der Waals surface area (Å²) in [6.07, 6.45) is 7.50. The van der Waals surface area contributed by atoms with Crippen molar-refractivity contribution in [2.75, 3.05) is 32.7 Å². The number of piperazine rings is 1. The van der Waals surface area contributed by atoms with E-state index in [1.807, 2.05) is 23.1 Å². The van der Waals surface area contributed by atoms with Crippen molar-refractivity contribution in [1.29, 1.82) is 0 Å². The maximum atomic E-state index is 12.4. The van der Waals surface area contributed by atoms with E-state index in [2.05, 4.69) is 29.2 Å². The molecule has 0 aromatic heterocycles. The van der Waals surface area contributed by atoms with E-state index in [-0.39, 0.29) is 11.6 Å². The minimum atomic E-state index is -0.437. The molecule has 1 aliphatic heterocycles. The lowest BCUT2D eigenvalue weighted by atomic mass is 10.2. The van der Waals surface area contributed by atoms with Crippen LogP contribution in [-0.2, 0) is 4.79 Å². The molecule has 144 valence electrons. The Bertz CT molecular complexity index is 852. The molecule has 0 saturated carbocycles. The Morgan fingerprint density at radius 1 is 0.929 bits per heavy atom. The normalized spacial score (nSPS) is 15.4. The van der Waals surface area contributed by atoms with Crippen LogP contribution in [0.5, 0.6) is 0 Å². The molecule has 1 aliphatic rings. The van der Waals surface area contributed by atoms with E-state index >= 15 is 0 Å². The zero-order chi connectivity index (χ0) is 19.8. The molecular weight excluding hydrogens is 354 g/mol. The summed E-state index contributed by atoms with van der Waals surface area (Å²) in [6, 6.07) is 16.3. The number of hydrogen-bond acceptors (Lipinski definition) is 4. The fourth-order valence-corrected chi connectivity index (χ4v) is 3.03. The van der Waals surface area contributed by atoms with Crippen molar-refractivity contribution >= 4 is 23.7 Å². The van der Waals surface area contributed by atoms with Crippen molar-refractivity contribution in [2.45, 2.75) is 0 Å². The molecule has 0 unspecified atom stereocenters. The Hall–Kier alpha value is -3.25. The number of carbonyl (C=O) groups is 1. The maximum Gasteiger partial charge on any atom is 0.269 e. The third-order valence-corrected chi connectivity index (χ3v) is 4.68. The van der Waals surface area contributed by atoms with Crippen LogP contribution in [0.2, 0.25) is 0 Å². The Balaban J connectivity index is 1.44. The molecule has 2 aromatic carbocycles. The minimum absolute atomic E-state index is 0.0298. The van der Waals surface area contributed by atoms with Crippen molar-refractivity contribution in [3.05, 3.63) is 88.0 Å². The highest BCUT2D eigenvalue weighted by Gasteiger charge is 2.18. The highest BCUT2D eigenvalue weighted by molar-refractivity contribution is 5.91. The van der Waals surface area contributed by atoms with Gasteiger partial charge in [0.25, 0.3) is 5.69 Å². The van der Waals surface area contributed by atoms with Crippen LogP contribution in [0, 0.1) is 10.1 Å². The fourth-order valence-electron chi connectivity index (χ4n) is 3.03. The molecule has 0 N–H and O–H groups in total. The predicted octanol–water partition coefficient (Wildman–Crippen LogP) is 3.47. The smallest absolute Gasteiger partial charge is 0.269 e. The number of amides is 1. The first-order valence-corrected chi connectivity index (χ1v) is 9.27. The second kappa shape index (κ2) is 9.62. The minimum Gasteiger partial charge on any atom is -0.337 e. The second-order valence-electron chi connectivity index (χ2n) is 6.62. The van der Waals surface area contributed by atoms with Gasteiger partial charge in [-0.1, -0.05) is 42.5 Å². The van der Waals surface area contributed by atoms with Gasteiger partial charge in [0.05, 0.1) is 4.92 Å². The van der Waals surface area contributed by atoms with E-state index in [4.69, 9.17) is 0 Å². The summed E-state index contributed by atoms with van der Waals surface area (Å²) in [5.41, 5.74) is 2.00. The Labute approximate surface area is 164 Å². The molecule has 0 atom stereocenters. The van der Waals surface area contributed by atoms with Crippen LogP contribution in [0.1, 0.15) is 11.1 Å². The van der Waals surface area contributed by atoms with Gasteiger partial charge in [0.2, 0.25) is 5.91 Å². The van der Waals surface area contributed by atoms with Gasteiger partial charge in [-0.2, -0.15) is 0 Å². The first-order valence-electron chi connectivity index (χ1n) is 9.27. The summed E-state index contributed by atoms with van der Waals surface area (Å²) in [5, 5.41) is 10.7. The van der Waals surface area contributed by atoms with E-state index in [9.17, 15) is 14.9 Å². The Kier molecular flexibility index (Phi) is 6.70. The summed E-state index contributed by atoms with van der Waals surface area (Å²) in [4.78, 5) is 26.7. The molecule has 6 nitrogen and oxygen atoms in total. The third-order valence-electron chi connectivity index (χ3n) is 4.68. The van der Waals surface area contributed by atoms with Gasteiger partial charge < -0.3 is 4.90 Å². The van der Waals surface area contributed by atoms with Crippen LogP contribution >= 0.6 is 0 Å². The lowest BCUT2D eigenvalue weighted by molar-refractivity contribution is -0.384. The van der Waals surface area contributed by atoms with Crippen molar-refractivity contribution in [1.82, 2.24) is 9.80 Å². The van der Waals surface area contributed by atoms with Crippen LogP contribution in [0.3, 0.4) is 0 Å². The zero-order valence-corrected chi connectivity index (χ0v) is 15.6. The Morgan fingerprint density at radius 3 is 2.21 bits per heavy atom. The molecule has 1 amide bonds. The highest BCUT2D eigenvalue weighted by atomic mass is 16.6. The van der Waals surface area contributed by atoms with Gasteiger partial charge >= 0.3 is 0 Å². The number of nitro benzene ring substituents is 1. The molecule has 0 spiro atoms. The van der Waals surface area contributed by atoms with Gasteiger partial charge in [-0.3, -0.25) is 19.8 Å². The summed E-state index contributed by atoms with van der Waals surface area (Å²) < 4.78 is 0. The molecule has 1 saturated heterocycles. The largest absolute Gasteiger partial charge is 0.337 e. The van der Waals surface area contributed by atoms with Crippen molar-refractivity contribution in [2.24, 2.45) is 0 Å². The number of hydrogen-bond donors (Lipinski definition) is 0. The molecule has 3 rings (SSSR count). The molecule has 6 heteroatoms. The summed E-state index contributed by atoms with van der Waals surface area (Å²) >= 11 is 0. The lowest BCUT2D eigenvalue weighted by Crippen LogP contribution is -2.48. The lowest BCUT2D eigenvalue weighted by Gasteiger charge is -2.33. The number of carbonyl (C=O) groups excluding carboxylic acids is 1. The Morgan fingerprint density at radius 2 is 1.57 bits per heavy atom. The number of non-ortho nitro benzene ring substituents is 1. The van der Waals surface area contributed by atoms with Crippen molar-refractivity contribution in [3.8, 4) is 0 Å². The average Bonchev–Trinajstić information content (AvgIpc) is 2.73. The number of nitro groups is 1. The van der Waals surface area contributed by atoms with E-state index in [0.29, 0.717) is 13.1 Å². The fraction of sp³-hybridized carbons (Fsp3) is 0.227. The number of nitrogens with zero attached hydrogens (tertiary/aromatic N) is 3. The van der Waals surface area contributed by atoms with Crippen LogP contribution in [0.25, 0.3) is 12.2 Å². The van der Waals surface area contributed by atoms with Gasteiger partial charge in [-0.15, -0.1) is 0 Å². The molecule has 0 radical (unpaired) electrons. The van der Waals surface area contributed by atoms with Crippen LogP contribution in [0.15, 0.2) is 66.7 Å². The maximum absolute atomic E-state index is 12.4. The van der Waals surface area contributed by atoms with Crippen molar-refractivity contribution in [3.63, 3.8) is 0 Å². The highest BCUT2D eigenvalue weighted by Crippen LogP contribution is 2.13. The van der Waals surface area contributed by atoms with Crippen LogP contribution in [0.4, 0.5) is 5.69 Å². The van der Waals surface area contributed by atoms with E-state index in [0.717, 1.165) is 25.2 Å². The van der Waals surface area contributed by atoms with Crippen molar-refractivity contribution < 1.29 is 9.72 Å². The molecule has 0 aliphatic carbocycles. The topological polar surface area (TPSA) is 66.7 Å². The molecule has 1 fully saturated rings. The molecular formula is C22H23N3O3. The first-order chi connectivity index (χ1) is 13.6. The summed E-state index contributed by atoms with van der Waals surface area (Å²) in [7, 11) is 0. The van der Waals surface area contributed by atoms with Crippen LogP contribution in [-0.4, -0.2) is 53.4 Å². The molecule has 1 heterocycles. The standard InChI is InChI=1S/C22H23N3O3/c26-22(13-10-20-8-11-21(12-9-20)25(27)28)24-17-15-23(16-18-24)14-4-7-19-5-2-1-3-6-19/h1-13H,14-18H2/b7-4+,13-10+. The quantitative estimate of drug-likeness (QED) is 0.439. The molecule has 28 heavy (non-hydrogen) atoms.